The summed E-state index contributed by atoms with van der Waals surface area (Å²) in [5.41, 5.74) is 1.11. The Morgan fingerprint density at radius 2 is 0.542 bits per heavy atom. The summed E-state index contributed by atoms with van der Waals surface area (Å²) in [6, 6.07) is 5.39. The molecule has 0 fully saturated rings. The lowest BCUT2D eigenvalue weighted by atomic mass is 10.0. The molecule has 1 rings (SSSR count). The molecule has 2 amide bonds. The molecule has 0 aliphatic rings. The van der Waals surface area contributed by atoms with Gasteiger partial charge in [0.25, 0.3) is 11.8 Å². The second-order valence-corrected chi connectivity index (χ2v) is 22.7. The fourth-order valence-electron chi connectivity index (χ4n) is 10.6. The SMILES string of the molecule is CCCCCCCCCCCCCCCCCCCCCCCCCNC(=O)c1ccc(C(=O)NCCCCCCCCCCCCCCCCCCCCCCCCC)c(OCCCCCCCCC)c1. The third kappa shape index (κ3) is 46.5. The standard InChI is InChI=1S/C67H126N2O3/c1-4-7-10-13-16-18-20-22-24-26-28-30-32-34-36-38-40-42-44-46-48-51-54-59-68-66(70)63-57-58-64(65(62-63)72-61-56-53-50-15-12-9-6-3)67(71)69-60-55-52-49-47-45-43-41-39-37-35-33-31-29-27-25-23-21-19-17-14-11-8-5-2/h57-58,62H,4-56,59-61H2,1-3H3,(H,68,70)(H,69,71). The van der Waals surface area contributed by atoms with Crippen LogP contribution in [0.1, 0.15) is 382 Å². The smallest absolute Gasteiger partial charge is 0.255 e. The van der Waals surface area contributed by atoms with E-state index in [0.717, 1.165) is 38.5 Å². The lowest BCUT2D eigenvalue weighted by Crippen LogP contribution is -2.26. The number of benzene rings is 1. The first-order chi connectivity index (χ1) is 35.6. The lowest BCUT2D eigenvalue weighted by molar-refractivity contribution is 0.0937. The Morgan fingerprint density at radius 1 is 0.306 bits per heavy atom. The van der Waals surface area contributed by atoms with E-state index in [4.69, 9.17) is 4.74 Å². The first-order valence-corrected chi connectivity index (χ1v) is 33.0. The van der Waals surface area contributed by atoms with Gasteiger partial charge in [0.15, 0.2) is 0 Å². The molecule has 5 heteroatoms. The number of hydrogen-bond donors (Lipinski definition) is 2. The topological polar surface area (TPSA) is 67.4 Å². The maximum absolute atomic E-state index is 13.4. The normalized spacial score (nSPS) is 11.4. The Morgan fingerprint density at radius 3 is 0.819 bits per heavy atom. The van der Waals surface area contributed by atoms with Crippen molar-refractivity contribution in [3.05, 3.63) is 29.3 Å². The van der Waals surface area contributed by atoms with Crippen LogP contribution in [0.3, 0.4) is 0 Å². The minimum absolute atomic E-state index is 0.0773. The first kappa shape index (κ1) is 68.0. The third-order valence-electron chi connectivity index (χ3n) is 15.6. The predicted octanol–water partition coefficient (Wildman–Crippen LogP) is 22.3. The summed E-state index contributed by atoms with van der Waals surface area (Å²) in [6.45, 7) is 8.79. The van der Waals surface area contributed by atoms with E-state index in [1.165, 1.54) is 302 Å². The number of ether oxygens (including phenoxy) is 1. The van der Waals surface area contributed by atoms with Gasteiger partial charge in [-0.05, 0) is 37.5 Å². The maximum Gasteiger partial charge on any atom is 0.255 e. The highest BCUT2D eigenvalue weighted by Crippen LogP contribution is 2.23. The molecule has 0 aliphatic carbocycles. The minimum Gasteiger partial charge on any atom is -0.493 e. The molecule has 72 heavy (non-hydrogen) atoms. The molecule has 0 bridgehead atoms. The van der Waals surface area contributed by atoms with Crippen LogP contribution in [0.2, 0.25) is 0 Å². The monoisotopic (exact) mass is 1010 g/mol. The second kappa shape index (κ2) is 56.7. The average Bonchev–Trinajstić information content (AvgIpc) is 3.39. The number of unbranched alkanes of at least 4 members (excludes halogenated alkanes) is 50. The van der Waals surface area contributed by atoms with Crippen LogP contribution in [0.25, 0.3) is 0 Å². The number of rotatable bonds is 59. The molecule has 0 saturated heterocycles. The zero-order valence-corrected chi connectivity index (χ0v) is 49.1. The molecule has 5 nitrogen and oxygen atoms in total. The van der Waals surface area contributed by atoms with Gasteiger partial charge in [0, 0.05) is 18.7 Å². The van der Waals surface area contributed by atoms with Crippen molar-refractivity contribution in [1.29, 1.82) is 0 Å². The van der Waals surface area contributed by atoms with Gasteiger partial charge in [0.05, 0.1) is 12.2 Å². The Hall–Kier alpha value is -2.04. The minimum atomic E-state index is -0.0969. The summed E-state index contributed by atoms with van der Waals surface area (Å²) >= 11 is 0. The predicted molar refractivity (Wildman–Crippen MR) is 318 cm³/mol. The van der Waals surface area contributed by atoms with Gasteiger partial charge >= 0.3 is 0 Å². The van der Waals surface area contributed by atoms with Crippen molar-refractivity contribution in [2.75, 3.05) is 19.7 Å². The van der Waals surface area contributed by atoms with Crippen molar-refractivity contribution in [3.8, 4) is 5.75 Å². The van der Waals surface area contributed by atoms with Gasteiger partial charge in [0.1, 0.15) is 5.75 Å². The molecule has 0 heterocycles. The molecule has 1 aromatic carbocycles. The molecule has 0 spiro atoms. The van der Waals surface area contributed by atoms with E-state index < -0.39 is 0 Å². The van der Waals surface area contributed by atoms with Gasteiger partial charge in [-0.1, -0.05) is 342 Å². The summed E-state index contributed by atoms with van der Waals surface area (Å²) < 4.78 is 6.25. The Labute approximate surface area is 450 Å². The van der Waals surface area contributed by atoms with Gasteiger partial charge < -0.3 is 15.4 Å². The molecule has 0 saturated carbocycles. The van der Waals surface area contributed by atoms with E-state index in [1.54, 1.807) is 18.2 Å². The van der Waals surface area contributed by atoms with E-state index in [-0.39, 0.29) is 11.8 Å². The Bertz CT molecular complexity index is 1270. The number of nitrogens with one attached hydrogen (secondary N) is 2. The van der Waals surface area contributed by atoms with Crippen LogP contribution in [0.15, 0.2) is 18.2 Å². The summed E-state index contributed by atoms with van der Waals surface area (Å²) in [4.78, 5) is 26.6. The van der Waals surface area contributed by atoms with Crippen LogP contribution in [0.5, 0.6) is 5.75 Å². The van der Waals surface area contributed by atoms with E-state index in [0.29, 0.717) is 36.6 Å². The van der Waals surface area contributed by atoms with Gasteiger partial charge in [-0.3, -0.25) is 9.59 Å². The highest BCUT2D eigenvalue weighted by Gasteiger charge is 2.16. The summed E-state index contributed by atoms with van der Waals surface area (Å²) in [7, 11) is 0. The fraction of sp³-hybridized carbons (Fsp3) is 0.881. The molecular formula is C67H126N2O3. The van der Waals surface area contributed by atoms with Crippen molar-refractivity contribution < 1.29 is 14.3 Å². The van der Waals surface area contributed by atoms with Crippen molar-refractivity contribution in [2.24, 2.45) is 0 Å². The summed E-state index contributed by atoms with van der Waals surface area (Å²) in [5.74, 6) is 0.363. The number of carbonyl (C=O) groups is 2. The van der Waals surface area contributed by atoms with Crippen LogP contribution in [0.4, 0.5) is 0 Å². The molecule has 0 atom stereocenters. The summed E-state index contributed by atoms with van der Waals surface area (Å²) in [5, 5.41) is 6.30. The first-order valence-electron chi connectivity index (χ1n) is 33.0. The zero-order chi connectivity index (χ0) is 51.7. The molecular weight excluding hydrogens is 881 g/mol. The average molecular weight is 1010 g/mol. The molecule has 0 unspecified atom stereocenters. The molecule has 2 N–H and O–H groups in total. The van der Waals surface area contributed by atoms with Crippen LogP contribution < -0.4 is 15.4 Å². The quantitative estimate of drug-likeness (QED) is 0.0639. The van der Waals surface area contributed by atoms with Gasteiger partial charge in [0.2, 0.25) is 0 Å². The molecule has 422 valence electrons. The molecule has 0 aliphatic heterocycles. The van der Waals surface area contributed by atoms with Gasteiger partial charge in [-0.15, -0.1) is 0 Å². The summed E-state index contributed by atoms with van der Waals surface area (Å²) in [6.07, 6.45) is 72.0. The number of carbonyl (C=O) groups excluding carboxylic acids is 2. The van der Waals surface area contributed by atoms with E-state index in [2.05, 4.69) is 31.4 Å². The second-order valence-electron chi connectivity index (χ2n) is 22.7. The van der Waals surface area contributed by atoms with E-state index in [1.807, 2.05) is 0 Å². The van der Waals surface area contributed by atoms with Crippen LogP contribution in [-0.4, -0.2) is 31.5 Å². The van der Waals surface area contributed by atoms with E-state index in [9.17, 15) is 9.59 Å². The number of amides is 2. The van der Waals surface area contributed by atoms with Crippen LogP contribution in [0, 0.1) is 0 Å². The molecule has 0 aromatic heterocycles. The third-order valence-corrected chi connectivity index (χ3v) is 15.6. The zero-order valence-electron chi connectivity index (χ0n) is 49.1. The number of hydrogen-bond acceptors (Lipinski definition) is 3. The Kier molecular flexibility index (Phi) is 53.5. The van der Waals surface area contributed by atoms with Crippen molar-refractivity contribution >= 4 is 11.8 Å². The maximum atomic E-state index is 13.4. The van der Waals surface area contributed by atoms with Crippen molar-refractivity contribution in [2.45, 2.75) is 361 Å². The van der Waals surface area contributed by atoms with Crippen molar-refractivity contribution in [3.63, 3.8) is 0 Å². The van der Waals surface area contributed by atoms with Gasteiger partial charge in [-0.2, -0.15) is 0 Å². The van der Waals surface area contributed by atoms with E-state index >= 15 is 0 Å². The lowest BCUT2D eigenvalue weighted by Gasteiger charge is -2.14. The van der Waals surface area contributed by atoms with Crippen molar-refractivity contribution in [1.82, 2.24) is 10.6 Å². The molecule has 0 radical (unpaired) electrons. The highest BCUT2D eigenvalue weighted by atomic mass is 16.5. The fourth-order valence-corrected chi connectivity index (χ4v) is 10.6. The molecule has 1 aromatic rings. The van der Waals surface area contributed by atoms with Gasteiger partial charge in [-0.25, -0.2) is 0 Å². The largest absolute Gasteiger partial charge is 0.493 e. The Balaban J connectivity index is 2.17. The van der Waals surface area contributed by atoms with Crippen LogP contribution >= 0.6 is 0 Å². The highest BCUT2D eigenvalue weighted by molar-refractivity contribution is 6.00. The van der Waals surface area contributed by atoms with Crippen LogP contribution in [-0.2, 0) is 0 Å².